The number of para-hydroxylation sites is 1. The van der Waals surface area contributed by atoms with Gasteiger partial charge >= 0.3 is 0 Å². The minimum Gasteiger partial charge on any atom is -0.326 e. The van der Waals surface area contributed by atoms with Crippen LogP contribution in [0.3, 0.4) is 0 Å². The second-order valence-electron chi connectivity index (χ2n) is 7.44. The summed E-state index contributed by atoms with van der Waals surface area (Å²) in [6, 6.07) is 27.0. The van der Waals surface area contributed by atoms with Crippen molar-refractivity contribution in [2.24, 2.45) is 5.92 Å². The molecule has 1 amide bonds. The van der Waals surface area contributed by atoms with Crippen molar-refractivity contribution in [3.05, 3.63) is 96.6 Å². The minimum absolute atomic E-state index is 0.148. The maximum Gasteiger partial charge on any atom is 0.243 e. The summed E-state index contributed by atoms with van der Waals surface area (Å²) in [6.07, 6.45) is 1.21. The van der Waals surface area contributed by atoms with Crippen LogP contribution in [0.4, 0.5) is 5.69 Å². The molecule has 3 aromatic carbocycles. The number of sulfonamides is 1. The number of benzene rings is 3. The summed E-state index contributed by atoms with van der Waals surface area (Å²) in [7, 11) is -3.75. The Labute approximate surface area is 177 Å². The molecule has 1 saturated heterocycles. The van der Waals surface area contributed by atoms with Crippen LogP contribution in [-0.2, 0) is 14.8 Å². The van der Waals surface area contributed by atoms with E-state index in [1.807, 2.05) is 60.7 Å². The topological polar surface area (TPSA) is 66.5 Å². The van der Waals surface area contributed by atoms with Crippen LogP contribution in [0, 0.1) is 5.92 Å². The van der Waals surface area contributed by atoms with Crippen LogP contribution in [0.15, 0.2) is 95.9 Å². The van der Waals surface area contributed by atoms with Gasteiger partial charge in [0.15, 0.2) is 0 Å². The van der Waals surface area contributed by atoms with E-state index in [0.29, 0.717) is 18.5 Å². The number of nitrogens with one attached hydrogen (secondary N) is 1. The van der Waals surface area contributed by atoms with Gasteiger partial charge < -0.3 is 5.32 Å². The van der Waals surface area contributed by atoms with Crippen LogP contribution < -0.4 is 5.32 Å². The van der Waals surface area contributed by atoms with Gasteiger partial charge in [0.1, 0.15) is 0 Å². The first-order valence-corrected chi connectivity index (χ1v) is 11.5. The Morgan fingerprint density at radius 3 is 2.00 bits per heavy atom. The van der Waals surface area contributed by atoms with Gasteiger partial charge in [-0.15, -0.1) is 0 Å². The quantitative estimate of drug-likeness (QED) is 0.662. The number of anilines is 1. The summed E-state index contributed by atoms with van der Waals surface area (Å²) in [4.78, 5) is 13.1. The second-order valence-corrected chi connectivity index (χ2v) is 9.33. The number of carbonyl (C=O) groups is 1. The molecule has 0 spiro atoms. The van der Waals surface area contributed by atoms with Crippen LogP contribution in [-0.4, -0.2) is 25.2 Å². The molecular formula is C24H24N2O3S. The lowest BCUT2D eigenvalue weighted by molar-refractivity contribution is -0.121. The molecule has 0 aromatic heterocycles. The summed E-state index contributed by atoms with van der Waals surface area (Å²) in [5.74, 6) is -0.565. The highest BCUT2D eigenvalue weighted by Crippen LogP contribution is 2.37. The molecule has 4 rings (SSSR count). The number of hydrogen-bond donors (Lipinski definition) is 1. The van der Waals surface area contributed by atoms with E-state index >= 15 is 0 Å². The van der Waals surface area contributed by atoms with Crippen molar-refractivity contribution in [1.29, 1.82) is 0 Å². The Kier molecular flexibility index (Phi) is 5.97. The Morgan fingerprint density at radius 2 is 1.37 bits per heavy atom. The Bertz CT molecular complexity index is 1090. The maximum absolute atomic E-state index is 13.5. The summed E-state index contributed by atoms with van der Waals surface area (Å²) in [5.41, 5.74) is 1.66. The molecule has 0 saturated carbocycles. The number of carbonyl (C=O) groups excluding carboxylic acids is 1. The van der Waals surface area contributed by atoms with Crippen molar-refractivity contribution in [3.8, 4) is 0 Å². The van der Waals surface area contributed by atoms with Gasteiger partial charge in [0, 0.05) is 12.2 Å². The first-order valence-electron chi connectivity index (χ1n) is 10.0. The standard InChI is InChI=1S/C24H24N2O3S/c27-24(25-21-12-6-2-7-13-21)20-16-17-23(19-10-4-1-5-11-19)26(18-20)30(28,29)22-14-8-3-9-15-22/h1-15,20,23H,16-18H2,(H,25,27)/t20-,23-/m1/s1. The van der Waals surface area contributed by atoms with Crippen LogP contribution in [0.2, 0.25) is 0 Å². The van der Waals surface area contributed by atoms with Crippen molar-refractivity contribution < 1.29 is 13.2 Å². The van der Waals surface area contributed by atoms with Crippen molar-refractivity contribution in [3.63, 3.8) is 0 Å². The SMILES string of the molecule is O=C(Nc1ccccc1)[C@@H]1CC[C@H](c2ccccc2)N(S(=O)(=O)c2ccccc2)C1. The van der Waals surface area contributed by atoms with E-state index in [9.17, 15) is 13.2 Å². The number of piperidine rings is 1. The van der Waals surface area contributed by atoms with Crippen molar-refractivity contribution >= 4 is 21.6 Å². The summed E-state index contributed by atoms with van der Waals surface area (Å²) in [6.45, 7) is 0.148. The third-order valence-electron chi connectivity index (χ3n) is 5.48. The van der Waals surface area contributed by atoms with Crippen molar-refractivity contribution in [2.75, 3.05) is 11.9 Å². The van der Waals surface area contributed by atoms with E-state index in [4.69, 9.17) is 0 Å². The zero-order chi connectivity index (χ0) is 21.0. The number of amides is 1. The number of hydrogen-bond acceptors (Lipinski definition) is 3. The normalized spacial score (nSPS) is 19.9. The second kappa shape index (κ2) is 8.81. The van der Waals surface area contributed by atoms with E-state index in [0.717, 1.165) is 5.56 Å². The zero-order valence-electron chi connectivity index (χ0n) is 16.5. The van der Waals surface area contributed by atoms with Crippen LogP contribution in [0.25, 0.3) is 0 Å². The van der Waals surface area contributed by atoms with E-state index in [1.54, 1.807) is 30.3 Å². The first kappa shape index (κ1) is 20.3. The average Bonchev–Trinajstić information content (AvgIpc) is 2.80. The molecule has 5 nitrogen and oxygen atoms in total. The molecule has 1 N–H and O–H groups in total. The summed E-state index contributed by atoms with van der Waals surface area (Å²) >= 11 is 0. The number of rotatable bonds is 5. The first-order chi connectivity index (χ1) is 14.6. The molecule has 1 aliphatic heterocycles. The largest absolute Gasteiger partial charge is 0.326 e. The van der Waals surface area contributed by atoms with Crippen LogP contribution in [0.1, 0.15) is 24.4 Å². The zero-order valence-corrected chi connectivity index (χ0v) is 17.3. The molecule has 0 unspecified atom stereocenters. The van der Waals surface area contributed by atoms with Crippen LogP contribution in [0.5, 0.6) is 0 Å². The molecule has 0 aliphatic carbocycles. The fourth-order valence-corrected chi connectivity index (χ4v) is 5.63. The predicted molar refractivity (Wildman–Crippen MR) is 117 cm³/mol. The van der Waals surface area contributed by atoms with Gasteiger partial charge in [-0.1, -0.05) is 66.7 Å². The van der Waals surface area contributed by atoms with E-state index in [2.05, 4.69) is 5.32 Å². The Hall–Kier alpha value is -2.96. The van der Waals surface area contributed by atoms with E-state index in [1.165, 1.54) is 4.31 Å². The lowest BCUT2D eigenvalue weighted by Crippen LogP contribution is -2.45. The molecule has 154 valence electrons. The monoisotopic (exact) mass is 420 g/mol. The predicted octanol–water partition coefficient (Wildman–Crippen LogP) is 4.47. The van der Waals surface area contributed by atoms with Gasteiger partial charge in [0.2, 0.25) is 15.9 Å². The van der Waals surface area contributed by atoms with Gasteiger partial charge in [-0.05, 0) is 42.7 Å². The lowest BCUT2D eigenvalue weighted by Gasteiger charge is -2.38. The van der Waals surface area contributed by atoms with Gasteiger partial charge in [-0.25, -0.2) is 8.42 Å². The van der Waals surface area contributed by atoms with E-state index < -0.39 is 15.9 Å². The minimum atomic E-state index is -3.75. The smallest absolute Gasteiger partial charge is 0.243 e. The van der Waals surface area contributed by atoms with Gasteiger partial charge in [-0.2, -0.15) is 4.31 Å². The highest BCUT2D eigenvalue weighted by atomic mass is 32.2. The van der Waals surface area contributed by atoms with Gasteiger partial charge in [0.05, 0.1) is 16.9 Å². The summed E-state index contributed by atoms with van der Waals surface area (Å²) in [5, 5.41) is 2.92. The fraction of sp³-hybridized carbons (Fsp3) is 0.208. The molecule has 1 heterocycles. The molecule has 6 heteroatoms. The fourth-order valence-electron chi connectivity index (χ4n) is 3.92. The molecule has 0 radical (unpaired) electrons. The third-order valence-corrected chi connectivity index (χ3v) is 7.37. The van der Waals surface area contributed by atoms with Gasteiger partial charge in [-0.3, -0.25) is 4.79 Å². The van der Waals surface area contributed by atoms with Gasteiger partial charge in [0.25, 0.3) is 0 Å². The van der Waals surface area contributed by atoms with Crippen molar-refractivity contribution in [2.45, 2.75) is 23.8 Å². The Morgan fingerprint density at radius 1 is 0.800 bits per heavy atom. The summed E-state index contributed by atoms with van der Waals surface area (Å²) < 4.78 is 28.5. The Balaban J connectivity index is 1.63. The van der Waals surface area contributed by atoms with Crippen LogP contribution >= 0.6 is 0 Å². The maximum atomic E-state index is 13.5. The number of nitrogens with zero attached hydrogens (tertiary/aromatic N) is 1. The molecule has 0 bridgehead atoms. The van der Waals surface area contributed by atoms with Crippen molar-refractivity contribution in [1.82, 2.24) is 4.31 Å². The molecule has 30 heavy (non-hydrogen) atoms. The average molecular weight is 421 g/mol. The molecule has 1 fully saturated rings. The molecule has 1 aliphatic rings. The highest BCUT2D eigenvalue weighted by molar-refractivity contribution is 7.89. The highest BCUT2D eigenvalue weighted by Gasteiger charge is 2.40. The molecule has 3 aromatic rings. The lowest BCUT2D eigenvalue weighted by atomic mass is 9.90. The third kappa shape index (κ3) is 4.30. The molecule has 2 atom stereocenters. The molecular weight excluding hydrogens is 396 g/mol. The van der Waals surface area contributed by atoms with E-state index in [-0.39, 0.29) is 23.4 Å².